The highest BCUT2D eigenvalue weighted by Gasteiger charge is 2.24. The monoisotopic (exact) mass is 400 g/mol. The second-order valence-corrected chi connectivity index (χ2v) is 10.6. The Kier molecular flexibility index (Phi) is 5.51. The number of benzene rings is 2. The van der Waals surface area contributed by atoms with Crippen LogP contribution in [-0.2, 0) is 12.5 Å². The molecular weight excluding hydrogens is 362 g/mol. The Labute approximate surface area is 183 Å². The summed E-state index contributed by atoms with van der Waals surface area (Å²) in [4.78, 5) is 0. The number of hydrogen-bond acceptors (Lipinski definition) is 0. The van der Waals surface area contributed by atoms with Crippen LogP contribution in [-0.4, -0.2) is 0 Å². The number of aryl methyl sites for hydroxylation is 2. The lowest BCUT2D eigenvalue weighted by Crippen LogP contribution is -2.35. The summed E-state index contributed by atoms with van der Waals surface area (Å²) < 4.78 is 2.39. The molecular formula is C29H38N+. The summed E-state index contributed by atoms with van der Waals surface area (Å²) in [5.41, 5.74) is 9.91. The Balaban J connectivity index is 1.95. The fraction of sp³-hybridized carbons (Fsp3) is 0.483. The van der Waals surface area contributed by atoms with Crippen molar-refractivity contribution >= 4 is 10.8 Å². The molecule has 1 aliphatic rings. The zero-order valence-corrected chi connectivity index (χ0v) is 20.0. The second kappa shape index (κ2) is 7.84. The van der Waals surface area contributed by atoms with Crippen molar-refractivity contribution in [2.75, 3.05) is 0 Å². The van der Waals surface area contributed by atoms with Crippen LogP contribution in [0.3, 0.4) is 0 Å². The normalized spacial score (nSPS) is 15.7. The lowest BCUT2D eigenvalue weighted by molar-refractivity contribution is -0.665. The van der Waals surface area contributed by atoms with Crippen LogP contribution < -0.4 is 4.57 Å². The minimum Gasteiger partial charge on any atom is -0.198 e. The average Bonchev–Trinajstić information content (AvgIpc) is 2.71. The van der Waals surface area contributed by atoms with E-state index in [2.05, 4.69) is 89.6 Å². The largest absolute Gasteiger partial charge is 0.220 e. The Hall–Kier alpha value is -2.15. The van der Waals surface area contributed by atoms with Gasteiger partial charge in [-0.2, -0.15) is 4.57 Å². The first kappa shape index (κ1) is 21.1. The van der Waals surface area contributed by atoms with Crippen molar-refractivity contribution in [1.82, 2.24) is 0 Å². The molecule has 0 aliphatic heterocycles. The molecule has 1 heteroatoms. The van der Waals surface area contributed by atoms with Crippen molar-refractivity contribution in [3.63, 3.8) is 0 Å². The third kappa shape index (κ3) is 3.80. The van der Waals surface area contributed by atoms with Crippen molar-refractivity contribution in [3.8, 4) is 11.3 Å². The summed E-state index contributed by atoms with van der Waals surface area (Å²) in [7, 11) is 2.22. The smallest absolute Gasteiger partial charge is 0.198 e. The summed E-state index contributed by atoms with van der Waals surface area (Å²) in [6, 6.07) is 14.5. The minimum absolute atomic E-state index is 0.138. The van der Waals surface area contributed by atoms with E-state index in [-0.39, 0.29) is 5.41 Å². The first-order chi connectivity index (χ1) is 14.2. The van der Waals surface area contributed by atoms with E-state index in [1.807, 2.05) is 0 Å². The molecule has 1 fully saturated rings. The van der Waals surface area contributed by atoms with Crippen molar-refractivity contribution in [2.24, 2.45) is 7.05 Å². The third-order valence-corrected chi connectivity index (χ3v) is 7.42. The molecule has 0 atom stereocenters. The first-order valence-corrected chi connectivity index (χ1v) is 11.7. The topological polar surface area (TPSA) is 3.88 Å². The van der Waals surface area contributed by atoms with E-state index in [0.717, 1.165) is 5.92 Å². The molecule has 0 N–H and O–H groups in total. The van der Waals surface area contributed by atoms with Crippen molar-refractivity contribution in [1.29, 1.82) is 0 Å². The molecule has 0 bridgehead atoms. The fourth-order valence-electron chi connectivity index (χ4n) is 5.15. The highest BCUT2D eigenvalue weighted by atomic mass is 14.9. The zero-order chi connectivity index (χ0) is 21.6. The van der Waals surface area contributed by atoms with Gasteiger partial charge in [-0.3, -0.25) is 0 Å². The van der Waals surface area contributed by atoms with E-state index in [4.69, 9.17) is 0 Å². The third-order valence-electron chi connectivity index (χ3n) is 7.42. The summed E-state index contributed by atoms with van der Waals surface area (Å²) in [5, 5.41) is 2.76. The van der Waals surface area contributed by atoms with Crippen LogP contribution in [0.5, 0.6) is 0 Å². The predicted octanol–water partition coefficient (Wildman–Crippen LogP) is 7.60. The van der Waals surface area contributed by atoms with Gasteiger partial charge in [-0.1, -0.05) is 58.2 Å². The number of rotatable bonds is 2. The summed E-state index contributed by atoms with van der Waals surface area (Å²) in [6.45, 7) is 13.7. The highest BCUT2D eigenvalue weighted by molar-refractivity contribution is 5.94. The van der Waals surface area contributed by atoms with Gasteiger partial charge in [0.25, 0.3) is 0 Å². The maximum atomic E-state index is 2.48. The molecule has 158 valence electrons. The van der Waals surface area contributed by atoms with Crippen LogP contribution in [0.15, 0.2) is 36.4 Å². The van der Waals surface area contributed by atoms with Crippen molar-refractivity contribution in [2.45, 2.75) is 85.0 Å². The maximum Gasteiger partial charge on any atom is 0.220 e. The van der Waals surface area contributed by atoms with Crippen LogP contribution in [0, 0.1) is 20.8 Å². The standard InChI is InChI=1S/C29H38N/c1-19-15-25(29(4,5)6)18-27(21(19)3)28-26-14-13-23(22-11-9-8-10-12-22)17-24(26)16-20(2)30(28)7/h13-18,22H,8-12H2,1-7H3/q+1. The number of hydrogen-bond donors (Lipinski definition) is 0. The van der Waals surface area contributed by atoms with Gasteiger partial charge in [-0.25, -0.2) is 0 Å². The van der Waals surface area contributed by atoms with Crippen molar-refractivity contribution in [3.05, 3.63) is 64.3 Å². The summed E-state index contributed by atoms with van der Waals surface area (Å²) in [5.74, 6) is 0.745. The molecule has 4 rings (SSSR count). The lowest BCUT2D eigenvalue weighted by atomic mass is 9.82. The van der Waals surface area contributed by atoms with Gasteiger partial charge < -0.3 is 0 Å². The molecule has 2 aromatic carbocycles. The minimum atomic E-state index is 0.138. The second-order valence-electron chi connectivity index (χ2n) is 10.6. The van der Waals surface area contributed by atoms with Crippen LogP contribution >= 0.6 is 0 Å². The lowest BCUT2D eigenvalue weighted by Gasteiger charge is -2.23. The summed E-state index contributed by atoms with van der Waals surface area (Å²) >= 11 is 0. The molecule has 1 nitrogen and oxygen atoms in total. The quantitative estimate of drug-likeness (QED) is 0.390. The Morgan fingerprint density at radius 2 is 1.57 bits per heavy atom. The molecule has 1 heterocycles. The molecule has 1 saturated carbocycles. The molecule has 30 heavy (non-hydrogen) atoms. The molecule has 3 aromatic rings. The Bertz CT molecular complexity index is 1090. The van der Waals surface area contributed by atoms with E-state index < -0.39 is 0 Å². The van der Waals surface area contributed by atoms with Gasteiger partial charge in [0.15, 0.2) is 5.69 Å². The van der Waals surface area contributed by atoms with Gasteiger partial charge in [-0.15, -0.1) is 0 Å². The van der Waals surface area contributed by atoms with Crippen LogP contribution in [0.2, 0.25) is 0 Å². The number of pyridine rings is 1. The first-order valence-electron chi connectivity index (χ1n) is 11.7. The average molecular weight is 401 g/mol. The number of fused-ring (bicyclic) bond motifs is 1. The van der Waals surface area contributed by atoms with E-state index in [0.29, 0.717) is 0 Å². The maximum absolute atomic E-state index is 2.48. The molecule has 0 radical (unpaired) electrons. The highest BCUT2D eigenvalue weighted by Crippen LogP contribution is 2.37. The van der Waals surface area contributed by atoms with Crippen LogP contribution in [0.25, 0.3) is 22.0 Å². The van der Waals surface area contributed by atoms with Crippen LogP contribution in [0.4, 0.5) is 0 Å². The van der Waals surface area contributed by atoms with Crippen LogP contribution in [0.1, 0.15) is 86.7 Å². The van der Waals surface area contributed by atoms with Gasteiger partial charge in [0, 0.05) is 13.0 Å². The SMILES string of the molecule is Cc1cc(C(C)(C)C)cc(-c2c3ccc(C4CCCCC4)cc3cc(C)[n+]2C)c1C. The number of nitrogens with zero attached hydrogens (tertiary/aromatic N) is 1. The molecule has 0 unspecified atom stereocenters. The molecule has 0 amide bonds. The van der Waals surface area contributed by atoms with Gasteiger partial charge >= 0.3 is 0 Å². The Morgan fingerprint density at radius 1 is 0.867 bits per heavy atom. The number of aromatic nitrogens is 1. The zero-order valence-electron chi connectivity index (χ0n) is 20.0. The van der Waals surface area contributed by atoms with Gasteiger partial charge in [0.1, 0.15) is 7.05 Å². The molecule has 0 spiro atoms. The molecule has 1 aliphatic carbocycles. The summed E-state index contributed by atoms with van der Waals surface area (Å²) in [6.07, 6.45) is 6.88. The van der Waals surface area contributed by atoms with Gasteiger partial charge in [0.2, 0.25) is 5.69 Å². The van der Waals surface area contributed by atoms with E-state index in [1.165, 1.54) is 82.1 Å². The predicted molar refractivity (Wildman–Crippen MR) is 129 cm³/mol. The Morgan fingerprint density at radius 3 is 2.23 bits per heavy atom. The van der Waals surface area contributed by atoms with E-state index >= 15 is 0 Å². The van der Waals surface area contributed by atoms with E-state index in [9.17, 15) is 0 Å². The van der Waals surface area contributed by atoms with Gasteiger partial charge in [0.05, 0.1) is 10.9 Å². The molecule has 1 aromatic heterocycles. The van der Waals surface area contributed by atoms with E-state index in [1.54, 1.807) is 0 Å². The fourth-order valence-corrected chi connectivity index (χ4v) is 5.15. The van der Waals surface area contributed by atoms with Crippen molar-refractivity contribution < 1.29 is 4.57 Å². The molecule has 0 saturated heterocycles. The van der Waals surface area contributed by atoms with Gasteiger partial charge in [-0.05, 0) is 77.8 Å².